The van der Waals surface area contributed by atoms with Gasteiger partial charge in [0.2, 0.25) is 5.91 Å². The van der Waals surface area contributed by atoms with E-state index in [1.54, 1.807) is 4.90 Å². The maximum absolute atomic E-state index is 12.3. The van der Waals surface area contributed by atoms with Gasteiger partial charge in [-0.25, -0.2) is 0 Å². The fourth-order valence-electron chi connectivity index (χ4n) is 3.52. The number of rotatable bonds is 3. The summed E-state index contributed by atoms with van der Waals surface area (Å²) in [5.74, 6) is 0.188. The number of amides is 1. The van der Waals surface area contributed by atoms with E-state index in [0.717, 1.165) is 17.8 Å². The van der Waals surface area contributed by atoms with Crippen molar-refractivity contribution < 1.29 is 4.79 Å². The van der Waals surface area contributed by atoms with Crippen LogP contribution in [-0.4, -0.2) is 19.0 Å². The molecule has 0 unspecified atom stereocenters. The number of carbonyl (C=O) groups excluding carboxylic acids is 1. The normalized spacial score (nSPS) is 21.6. The van der Waals surface area contributed by atoms with Crippen molar-refractivity contribution in [1.29, 1.82) is 0 Å². The highest BCUT2D eigenvalue weighted by Crippen LogP contribution is 2.41. The number of hydrogen-bond donors (Lipinski definition) is 1. The summed E-state index contributed by atoms with van der Waals surface area (Å²) in [6, 6.07) is 7.12. The zero-order chi connectivity index (χ0) is 14.3. The second-order valence-corrected chi connectivity index (χ2v) is 6.70. The van der Waals surface area contributed by atoms with Gasteiger partial charge in [-0.3, -0.25) is 4.79 Å². The smallest absolute Gasteiger partial charge is 0.236 e. The summed E-state index contributed by atoms with van der Waals surface area (Å²) in [7, 11) is 1.87. The van der Waals surface area contributed by atoms with Crippen LogP contribution in [0.5, 0.6) is 0 Å². The third-order valence-corrected chi connectivity index (χ3v) is 4.88. The van der Waals surface area contributed by atoms with Gasteiger partial charge in [0.25, 0.3) is 0 Å². The summed E-state index contributed by atoms with van der Waals surface area (Å²) in [5.41, 5.74) is 3.11. The van der Waals surface area contributed by atoms with Gasteiger partial charge >= 0.3 is 0 Å². The Morgan fingerprint density at radius 1 is 1.30 bits per heavy atom. The Hall–Kier alpha value is -1.35. The molecule has 1 amide bonds. The van der Waals surface area contributed by atoms with Crippen molar-refractivity contribution in [2.75, 3.05) is 11.9 Å². The molecule has 3 heteroatoms. The number of fused-ring (bicyclic) bond motifs is 1. The molecule has 0 saturated heterocycles. The average Bonchev–Trinajstić information content (AvgIpc) is 3.01. The number of carbonyl (C=O) groups is 1. The number of benzene rings is 1. The molecular weight excluding hydrogens is 248 g/mol. The maximum Gasteiger partial charge on any atom is 0.236 e. The van der Waals surface area contributed by atoms with Crippen LogP contribution in [0.2, 0.25) is 0 Å². The summed E-state index contributed by atoms with van der Waals surface area (Å²) in [6.07, 6.45) is 5.32. The van der Waals surface area contributed by atoms with Gasteiger partial charge in [-0.1, -0.05) is 25.0 Å². The Bertz CT molecular complexity index is 530. The van der Waals surface area contributed by atoms with Crippen LogP contribution in [0, 0.1) is 0 Å². The van der Waals surface area contributed by atoms with Crippen molar-refractivity contribution in [2.45, 2.75) is 57.5 Å². The highest BCUT2D eigenvalue weighted by atomic mass is 16.2. The van der Waals surface area contributed by atoms with Crippen molar-refractivity contribution >= 4 is 11.6 Å². The SMILES string of the molecule is CN1C(=O)C(C)(C)c2cc(CNC3CCCC3)ccc21. The molecule has 0 aromatic heterocycles. The molecule has 2 aliphatic rings. The maximum atomic E-state index is 12.3. The summed E-state index contributed by atoms with van der Waals surface area (Å²) in [6.45, 7) is 4.95. The van der Waals surface area contributed by atoms with E-state index in [9.17, 15) is 4.79 Å². The molecule has 1 fully saturated rings. The molecule has 0 atom stereocenters. The largest absolute Gasteiger partial charge is 0.314 e. The van der Waals surface area contributed by atoms with E-state index in [1.807, 2.05) is 20.9 Å². The monoisotopic (exact) mass is 272 g/mol. The fraction of sp³-hybridized carbons (Fsp3) is 0.588. The van der Waals surface area contributed by atoms with E-state index in [-0.39, 0.29) is 5.91 Å². The van der Waals surface area contributed by atoms with Crippen molar-refractivity contribution in [1.82, 2.24) is 5.32 Å². The van der Waals surface area contributed by atoms with Gasteiger partial charge in [0.05, 0.1) is 5.41 Å². The predicted octanol–water partition coefficient (Wildman–Crippen LogP) is 2.97. The fourth-order valence-corrected chi connectivity index (χ4v) is 3.52. The highest BCUT2D eigenvalue weighted by Gasteiger charge is 2.42. The molecular formula is C17H24N2O. The molecule has 1 aliphatic carbocycles. The molecule has 1 aliphatic heterocycles. The Labute approximate surface area is 121 Å². The van der Waals surface area contributed by atoms with Gasteiger partial charge in [0.15, 0.2) is 0 Å². The van der Waals surface area contributed by atoms with Crippen LogP contribution in [-0.2, 0) is 16.8 Å². The van der Waals surface area contributed by atoms with Gasteiger partial charge in [-0.2, -0.15) is 0 Å². The predicted molar refractivity (Wildman–Crippen MR) is 82.0 cm³/mol. The van der Waals surface area contributed by atoms with Crippen molar-refractivity contribution in [3.8, 4) is 0 Å². The van der Waals surface area contributed by atoms with E-state index < -0.39 is 5.41 Å². The third kappa shape index (κ3) is 2.14. The number of anilines is 1. The molecule has 3 nitrogen and oxygen atoms in total. The lowest BCUT2D eigenvalue weighted by molar-refractivity contribution is -0.121. The lowest BCUT2D eigenvalue weighted by Crippen LogP contribution is -2.33. The van der Waals surface area contributed by atoms with Crippen LogP contribution in [0.4, 0.5) is 5.69 Å². The van der Waals surface area contributed by atoms with Gasteiger partial charge in [-0.15, -0.1) is 0 Å². The molecule has 0 radical (unpaired) electrons. The summed E-state index contributed by atoms with van der Waals surface area (Å²) in [5, 5.41) is 3.64. The molecule has 108 valence electrons. The zero-order valence-electron chi connectivity index (χ0n) is 12.7. The summed E-state index contributed by atoms with van der Waals surface area (Å²) in [4.78, 5) is 14.1. The van der Waals surface area contributed by atoms with E-state index in [4.69, 9.17) is 0 Å². The Morgan fingerprint density at radius 3 is 2.70 bits per heavy atom. The zero-order valence-corrected chi connectivity index (χ0v) is 12.7. The standard InChI is InChI=1S/C17H24N2O/c1-17(2)14-10-12(11-18-13-6-4-5-7-13)8-9-15(14)19(3)16(17)20/h8-10,13,18H,4-7,11H2,1-3H3. The molecule has 1 saturated carbocycles. The molecule has 1 heterocycles. The average molecular weight is 272 g/mol. The third-order valence-electron chi connectivity index (χ3n) is 4.88. The Morgan fingerprint density at radius 2 is 2.00 bits per heavy atom. The molecule has 0 bridgehead atoms. The first-order chi connectivity index (χ1) is 9.50. The van der Waals surface area contributed by atoms with E-state index in [1.165, 1.54) is 31.2 Å². The summed E-state index contributed by atoms with van der Waals surface area (Å²) >= 11 is 0. The molecule has 1 N–H and O–H groups in total. The Balaban J connectivity index is 1.79. The quantitative estimate of drug-likeness (QED) is 0.917. The minimum atomic E-state index is -0.395. The van der Waals surface area contributed by atoms with E-state index in [0.29, 0.717) is 6.04 Å². The lowest BCUT2D eigenvalue weighted by atomic mass is 9.85. The minimum absolute atomic E-state index is 0.188. The first-order valence-corrected chi connectivity index (χ1v) is 7.65. The summed E-state index contributed by atoms with van der Waals surface area (Å²) < 4.78 is 0. The molecule has 20 heavy (non-hydrogen) atoms. The van der Waals surface area contributed by atoms with Gasteiger partial charge in [0, 0.05) is 25.3 Å². The lowest BCUT2D eigenvalue weighted by Gasteiger charge is -2.17. The number of hydrogen-bond acceptors (Lipinski definition) is 2. The number of nitrogens with one attached hydrogen (secondary N) is 1. The van der Waals surface area contributed by atoms with Gasteiger partial charge in [0.1, 0.15) is 0 Å². The minimum Gasteiger partial charge on any atom is -0.314 e. The first kappa shape index (κ1) is 13.6. The molecule has 1 aromatic carbocycles. The van der Waals surface area contributed by atoms with Crippen molar-refractivity contribution in [2.24, 2.45) is 0 Å². The van der Waals surface area contributed by atoms with Gasteiger partial charge in [-0.05, 0) is 43.9 Å². The van der Waals surface area contributed by atoms with E-state index >= 15 is 0 Å². The topological polar surface area (TPSA) is 32.3 Å². The van der Waals surface area contributed by atoms with Crippen LogP contribution in [0.15, 0.2) is 18.2 Å². The van der Waals surface area contributed by atoms with E-state index in [2.05, 4.69) is 23.5 Å². The highest BCUT2D eigenvalue weighted by molar-refractivity contribution is 6.07. The van der Waals surface area contributed by atoms with Crippen LogP contribution in [0.3, 0.4) is 0 Å². The second-order valence-electron chi connectivity index (χ2n) is 6.70. The first-order valence-electron chi connectivity index (χ1n) is 7.65. The van der Waals surface area contributed by atoms with Crippen molar-refractivity contribution in [3.05, 3.63) is 29.3 Å². The number of likely N-dealkylation sites (N-methyl/N-ethyl adjacent to an activating group) is 1. The molecule has 3 rings (SSSR count). The molecule has 1 aromatic rings. The second kappa shape index (κ2) is 4.88. The van der Waals surface area contributed by atoms with Crippen LogP contribution in [0.25, 0.3) is 0 Å². The molecule has 0 spiro atoms. The van der Waals surface area contributed by atoms with Crippen LogP contribution < -0.4 is 10.2 Å². The van der Waals surface area contributed by atoms with Crippen molar-refractivity contribution in [3.63, 3.8) is 0 Å². The number of nitrogens with zero attached hydrogens (tertiary/aromatic N) is 1. The van der Waals surface area contributed by atoms with Gasteiger partial charge < -0.3 is 10.2 Å². The van der Waals surface area contributed by atoms with Crippen LogP contribution >= 0.6 is 0 Å². The Kier molecular flexibility index (Phi) is 3.33. The van der Waals surface area contributed by atoms with Crippen LogP contribution in [0.1, 0.15) is 50.7 Å².